The molecule has 12 heteroatoms. The lowest BCUT2D eigenvalue weighted by Crippen LogP contribution is -2.57. The van der Waals surface area contributed by atoms with Crippen molar-refractivity contribution in [3.63, 3.8) is 0 Å². The van der Waals surface area contributed by atoms with Crippen molar-refractivity contribution < 1.29 is 19.1 Å². The summed E-state index contributed by atoms with van der Waals surface area (Å²) in [4.78, 5) is 59.7. The number of rotatable bonds is 7. The Morgan fingerprint density at radius 1 is 1.31 bits per heavy atom. The quantitative estimate of drug-likeness (QED) is 0.333. The van der Waals surface area contributed by atoms with Crippen LogP contribution in [0.5, 0.6) is 0 Å². The van der Waals surface area contributed by atoms with Crippen LogP contribution in [0.2, 0.25) is 0 Å². The van der Waals surface area contributed by atoms with Gasteiger partial charge in [0.2, 0.25) is 5.91 Å². The first-order valence-corrected chi connectivity index (χ1v) is 12.5. The lowest BCUT2D eigenvalue weighted by Gasteiger charge is -2.36. The highest BCUT2D eigenvalue weighted by molar-refractivity contribution is 8.26. The molecule has 0 saturated carbocycles. The number of anilines is 1. The molecule has 10 nitrogen and oxygen atoms in total. The number of thiocarbonyl (C=S) groups is 1. The first-order valence-electron chi connectivity index (χ1n) is 11.3. The van der Waals surface area contributed by atoms with Crippen molar-refractivity contribution >= 4 is 63.6 Å². The Labute approximate surface area is 211 Å². The van der Waals surface area contributed by atoms with Crippen molar-refractivity contribution in [3.05, 3.63) is 45.2 Å². The number of ether oxygens (including phenoxy) is 1. The average Bonchev–Trinajstić information content (AvgIpc) is 3.10. The van der Waals surface area contributed by atoms with Gasteiger partial charge in [0.1, 0.15) is 21.8 Å². The molecule has 35 heavy (non-hydrogen) atoms. The van der Waals surface area contributed by atoms with Gasteiger partial charge in [-0.05, 0) is 31.6 Å². The summed E-state index contributed by atoms with van der Waals surface area (Å²) in [7, 11) is 0. The zero-order valence-corrected chi connectivity index (χ0v) is 21.0. The van der Waals surface area contributed by atoms with Crippen LogP contribution < -0.4 is 15.8 Å². The molecule has 2 aliphatic rings. The molecule has 2 aromatic heterocycles. The minimum atomic E-state index is -0.914. The van der Waals surface area contributed by atoms with E-state index < -0.39 is 17.6 Å². The van der Waals surface area contributed by atoms with Gasteiger partial charge in [-0.2, -0.15) is 0 Å². The van der Waals surface area contributed by atoms with Gasteiger partial charge in [0.25, 0.3) is 11.5 Å². The van der Waals surface area contributed by atoms with Crippen LogP contribution in [0.15, 0.2) is 34.1 Å². The topological polar surface area (TPSA) is 113 Å². The number of pyridine rings is 1. The van der Waals surface area contributed by atoms with Crippen LogP contribution >= 0.6 is 24.0 Å². The van der Waals surface area contributed by atoms with E-state index in [4.69, 9.17) is 17.0 Å². The second-order valence-corrected chi connectivity index (χ2v) is 9.60. The highest BCUT2D eigenvalue weighted by Gasteiger charge is 2.36. The number of aromatic nitrogens is 2. The monoisotopic (exact) mass is 515 g/mol. The van der Waals surface area contributed by atoms with E-state index >= 15 is 0 Å². The van der Waals surface area contributed by atoms with Crippen LogP contribution in [0, 0.1) is 0 Å². The Morgan fingerprint density at radius 3 is 2.86 bits per heavy atom. The summed E-state index contributed by atoms with van der Waals surface area (Å²) in [6, 6.07) is 4.22. The van der Waals surface area contributed by atoms with Gasteiger partial charge in [-0.1, -0.05) is 37.0 Å². The molecule has 2 aromatic rings. The minimum absolute atomic E-state index is 0.147. The zero-order valence-electron chi connectivity index (χ0n) is 19.4. The van der Waals surface area contributed by atoms with E-state index in [0.29, 0.717) is 34.5 Å². The Balaban J connectivity index is 1.86. The largest absolute Gasteiger partial charge is 0.466 e. The normalized spacial score (nSPS) is 19.5. The van der Waals surface area contributed by atoms with Gasteiger partial charge in [0.15, 0.2) is 0 Å². The maximum Gasteiger partial charge on any atom is 0.308 e. The van der Waals surface area contributed by atoms with Crippen LogP contribution in [-0.4, -0.2) is 68.7 Å². The number of carbonyl (C=O) groups is 3. The van der Waals surface area contributed by atoms with Crippen molar-refractivity contribution in [1.82, 2.24) is 19.6 Å². The van der Waals surface area contributed by atoms with E-state index in [9.17, 15) is 19.2 Å². The number of fused-ring (bicyclic) bond motifs is 1. The summed E-state index contributed by atoms with van der Waals surface area (Å²) < 4.78 is 6.87. The molecule has 4 heterocycles. The molecule has 0 unspecified atom stereocenters. The second kappa shape index (κ2) is 10.6. The Morgan fingerprint density at radius 2 is 2.11 bits per heavy atom. The van der Waals surface area contributed by atoms with Gasteiger partial charge < -0.3 is 15.0 Å². The Kier molecular flexibility index (Phi) is 7.51. The number of amides is 2. The van der Waals surface area contributed by atoms with Crippen molar-refractivity contribution in [1.29, 1.82) is 0 Å². The third-order valence-corrected chi connectivity index (χ3v) is 6.99. The van der Waals surface area contributed by atoms with E-state index in [1.54, 1.807) is 36.2 Å². The fourth-order valence-electron chi connectivity index (χ4n) is 4.03. The summed E-state index contributed by atoms with van der Waals surface area (Å²) in [5.74, 6) is -0.936. The lowest BCUT2D eigenvalue weighted by molar-refractivity contribution is -0.145. The van der Waals surface area contributed by atoms with Crippen molar-refractivity contribution in [2.45, 2.75) is 32.7 Å². The van der Waals surface area contributed by atoms with Gasteiger partial charge >= 0.3 is 5.97 Å². The molecule has 0 radical (unpaired) electrons. The summed E-state index contributed by atoms with van der Waals surface area (Å²) in [6.07, 6.45) is 3.62. The summed E-state index contributed by atoms with van der Waals surface area (Å²) in [5.41, 5.74) is 0.130. The third kappa shape index (κ3) is 4.94. The van der Waals surface area contributed by atoms with Crippen LogP contribution in [0.4, 0.5) is 5.82 Å². The fraction of sp³-hybridized carbons (Fsp3) is 0.391. The first-order chi connectivity index (χ1) is 16.8. The summed E-state index contributed by atoms with van der Waals surface area (Å²) >= 11 is 6.49. The molecule has 1 N–H and O–H groups in total. The maximum absolute atomic E-state index is 13.6. The SMILES string of the molecule is CCCN1C(=O)/C(=C/c2c(N3CCNC(=O)[C@@H]3CC(=O)OCC)nc3ccccn3c2=O)SC1=S. The first kappa shape index (κ1) is 24.9. The number of esters is 1. The number of hydrogen-bond acceptors (Lipinski definition) is 9. The Bertz CT molecular complexity index is 1290. The maximum atomic E-state index is 13.6. The van der Waals surface area contributed by atoms with Crippen LogP contribution in [0.25, 0.3) is 11.7 Å². The number of nitrogens with zero attached hydrogens (tertiary/aromatic N) is 4. The molecule has 0 bridgehead atoms. The summed E-state index contributed by atoms with van der Waals surface area (Å²) in [5, 5.41) is 2.76. The highest BCUT2D eigenvalue weighted by Crippen LogP contribution is 2.34. The number of piperazine rings is 1. The van der Waals surface area contributed by atoms with E-state index in [2.05, 4.69) is 10.3 Å². The van der Waals surface area contributed by atoms with E-state index in [1.807, 2.05) is 6.92 Å². The molecule has 2 aliphatic heterocycles. The smallest absolute Gasteiger partial charge is 0.308 e. The molecular formula is C23H25N5O5S2. The van der Waals surface area contributed by atoms with Gasteiger partial charge in [-0.25, -0.2) is 4.98 Å². The van der Waals surface area contributed by atoms with Crippen molar-refractivity contribution in [2.24, 2.45) is 0 Å². The van der Waals surface area contributed by atoms with Gasteiger partial charge in [0, 0.05) is 25.8 Å². The average molecular weight is 516 g/mol. The molecule has 2 amide bonds. The second-order valence-electron chi connectivity index (χ2n) is 7.93. The number of hydrogen-bond donors (Lipinski definition) is 1. The predicted molar refractivity (Wildman–Crippen MR) is 137 cm³/mol. The molecule has 184 valence electrons. The van der Waals surface area contributed by atoms with Gasteiger partial charge in [0.05, 0.1) is 23.5 Å². The Hall–Kier alpha value is -3.25. The predicted octanol–water partition coefficient (Wildman–Crippen LogP) is 1.56. The molecule has 1 atom stereocenters. The molecule has 2 saturated heterocycles. The standard InChI is InChI=1S/C23H25N5O5S2/c1-3-9-28-22(32)16(35-23(28)34)12-14-19(25-17-7-5-6-10-27(17)21(14)31)26-11-8-24-20(30)15(26)13-18(29)33-4-2/h5-7,10,12,15H,3-4,8-9,11,13H2,1-2H3,(H,24,30)/b16-12-/t15-/m0/s1. The fourth-order valence-corrected chi connectivity index (χ4v) is 5.32. The van der Waals surface area contributed by atoms with E-state index in [0.717, 1.165) is 18.2 Å². The van der Waals surface area contributed by atoms with Crippen molar-refractivity contribution in [2.75, 3.05) is 31.1 Å². The zero-order chi connectivity index (χ0) is 25.1. The molecule has 4 rings (SSSR count). The summed E-state index contributed by atoms with van der Waals surface area (Å²) in [6.45, 7) is 4.95. The third-order valence-electron chi connectivity index (χ3n) is 5.61. The van der Waals surface area contributed by atoms with Crippen LogP contribution in [0.3, 0.4) is 0 Å². The number of nitrogens with one attached hydrogen (secondary N) is 1. The number of carbonyl (C=O) groups excluding carboxylic acids is 3. The number of thioether (sulfide) groups is 1. The van der Waals surface area contributed by atoms with E-state index in [-0.39, 0.29) is 36.2 Å². The molecule has 0 aliphatic carbocycles. The lowest BCUT2D eigenvalue weighted by atomic mass is 10.1. The minimum Gasteiger partial charge on any atom is -0.466 e. The molecule has 0 spiro atoms. The highest BCUT2D eigenvalue weighted by atomic mass is 32.2. The van der Waals surface area contributed by atoms with Crippen molar-refractivity contribution in [3.8, 4) is 0 Å². The molecule has 2 fully saturated rings. The molecule has 0 aromatic carbocycles. The van der Waals surface area contributed by atoms with Crippen LogP contribution in [0.1, 0.15) is 32.3 Å². The van der Waals surface area contributed by atoms with E-state index in [1.165, 1.54) is 15.4 Å². The molecular weight excluding hydrogens is 490 g/mol. The van der Waals surface area contributed by atoms with Crippen LogP contribution in [-0.2, 0) is 19.1 Å². The van der Waals surface area contributed by atoms with Gasteiger partial charge in [-0.3, -0.25) is 28.5 Å². The van der Waals surface area contributed by atoms with Gasteiger partial charge in [-0.15, -0.1) is 0 Å².